The Labute approximate surface area is 667 Å². The maximum absolute atomic E-state index is 13.6. The molecular formula is C68H115N3O46. The van der Waals surface area contributed by atoms with E-state index in [1.165, 1.54) is 41.5 Å². The number of hydrogen-bond acceptors (Lipinski definition) is 47. The van der Waals surface area contributed by atoms with Crippen LogP contribution < -0.4 is 16.4 Å². The van der Waals surface area contributed by atoms with Crippen LogP contribution in [0.25, 0.3) is 0 Å². The fourth-order valence-corrected chi connectivity index (χ4v) is 15.4. The van der Waals surface area contributed by atoms with Crippen LogP contribution in [0, 0.1) is 0 Å². The predicted octanol–water partition coefficient (Wildman–Crippen LogP) is -15.8. The van der Waals surface area contributed by atoms with Crippen LogP contribution in [0.3, 0.4) is 0 Å². The zero-order chi connectivity index (χ0) is 86.1. The average Bonchev–Trinajstić information content (AvgIpc) is 0.722. The highest BCUT2D eigenvalue weighted by Crippen LogP contribution is 2.42. The van der Waals surface area contributed by atoms with Gasteiger partial charge in [0.05, 0.1) is 63.1 Å². The summed E-state index contributed by atoms with van der Waals surface area (Å²) >= 11 is 0. The summed E-state index contributed by atoms with van der Waals surface area (Å²) < 4.78 is 128. The predicted molar refractivity (Wildman–Crippen MR) is 367 cm³/mol. The number of aliphatic hydroxyl groups is 22. The maximum Gasteiger partial charge on any atom is 0.302 e. The van der Waals surface area contributed by atoms with E-state index < -0.39 is 351 Å². The molecule has 0 bridgehead atoms. The summed E-state index contributed by atoms with van der Waals surface area (Å²) in [7, 11) is 0. The van der Waals surface area contributed by atoms with Gasteiger partial charge in [-0.1, -0.05) is 0 Å². The minimum Gasteiger partial charge on any atom is -0.463 e. The number of carbonyl (C=O) groups excluding carboxylic acids is 3. The van der Waals surface area contributed by atoms with Gasteiger partial charge in [-0.15, -0.1) is 0 Å². The Kier molecular flexibility index (Phi) is 33.8. The third-order valence-electron chi connectivity index (χ3n) is 22.1. The normalized spacial score (nSPS) is 51.4. The third-order valence-corrected chi connectivity index (χ3v) is 22.1. The molecule has 0 saturated carbocycles. The van der Waals surface area contributed by atoms with Gasteiger partial charge in [-0.3, -0.25) is 14.4 Å². The number of amides is 2. The van der Waals surface area contributed by atoms with E-state index in [0.717, 1.165) is 20.8 Å². The molecule has 0 aromatic rings. The number of rotatable bonds is 28. The summed E-state index contributed by atoms with van der Waals surface area (Å²) in [5, 5.41) is 254. The molecule has 117 heavy (non-hydrogen) atoms. The Morgan fingerprint density at radius 1 is 0.282 bits per heavy atom. The Morgan fingerprint density at radius 2 is 0.556 bits per heavy atom. The fourth-order valence-electron chi connectivity index (χ4n) is 15.4. The molecule has 50 unspecified atom stereocenters. The van der Waals surface area contributed by atoms with Crippen LogP contribution in [0.15, 0.2) is 0 Å². The van der Waals surface area contributed by atoms with E-state index in [9.17, 15) is 127 Å². The van der Waals surface area contributed by atoms with E-state index in [1.54, 1.807) is 0 Å². The van der Waals surface area contributed by atoms with Crippen molar-refractivity contribution in [2.75, 3.05) is 39.6 Å². The number of ether oxygens (including phenoxy) is 21. The van der Waals surface area contributed by atoms with Crippen LogP contribution in [0.4, 0.5) is 0 Å². The number of nitrogens with two attached hydrogens (primary N) is 1. The van der Waals surface area contributed by atoms with Crippen molar-refractivity contribution in [2.45, 2.75) is 369 Å². The molecule has 10 heterocycles. The Bertz CT molecular complexity index is 3120. The van der Waals surface area contributed by atoms with Crippen molar-refractivity contribution in [3.8, 4) is 0 Å². The minimum absolute atomic E-state index is 0.0863. The molecule has 2 amide bonds. The molecule has 50 atom stereocenters. The van der Waals surface area contributed by atoms with E-state index in [0.29, 0.717) is 0 Å². The maximum atomic E-state index is 13.6. The molecule has 10 aliphatic rings. The topological polar surface area (TPSA) is 740 Å². The second-order valence-electron chi connectivity index (χ2n) is 30.6. The highest BCUT2D eigenvalue weighted by atomic mass is 16.8. The van der Waals surface area contributed by atoms with Crippen LogP contribution >= 0.6 is 0 Å². The second kappa shape index (κ2) is 41.2. The van der Waals surface area contributed by atoms with Gasteiger partial charge in [-0.2, -0.15) is 0 Å². The Balaban J connectivity index is 0.988. The monoisotopic (exact) mass is 1710 g/mol. The summed E-state index contributed by atoms with van der Waals surface area (Å²) in [6.45, 7) is 6.60. The molecule has 26 N–H and O–H groups in total. The first-order chi connectivity index (χ1) is 55.2. The summed E-state index contributed by atoms with van der Waals surface area (Å²) in [6, 6.07) is -3.49. The standard InChI is InChI=1S/C68H115N3O46/c1-16-31(78)39(86)45(92)61(99-16)116-57-43(90)33(80)17(2)100-66(57)113-54-49(96)65(104-21(6)50(54)109-62-46(93)40(87)35(82)25(12-72)106-62)112-53-30(71-23(8)76)60(108-28(38(53)85)15-98-24(9)77)115-56-42(89)32(79)19(4)102-68(56)117-58-44(91)34(81)18(3)101-67(58)114-55-48(95)64(103-20(5)51(55)110-63-47(94)41(88)36(83)26(13-73)107-63)111-52-29(70-22(7)75)59(97-11-10-69)105-27(14-74)37(52)84/h16-21,25-68,72-74,78-96H,10-15,69H2,1-9H3,(H,70,75)(H,71,76). The zero-order valence-corrected chi connectivity index (χ0v) is 64.8. The van der Waals surface area contributed by atoms with E-state index in [1.807, 2.05) is 0 Å². The summed E-state index contributed by atoms with van der Waals surface area (Å²) in [4.78, 5) is 39.0. The molecule has 10 fully saturated rings. The Hall–Kier alpha value is -3.31. The minimum atomic E-state index is -2.40. The van der Waals surface area contributed by atoms with Crippen LogP contribution in [0.5, 0.6) is 0 Å². The zero-order valence-electron chi connectivity index (χ0n) is 64.8. The third kappa shape index (κ3) is 21.1. The highest BCUT2D eigenvalue weighted by Gasteiger charge is 2.62. The molecule has 0 spiro atoms. The van der Waals surface area contributed by atoms with Gasteiger partial charge in [0.1, 0.15) is 214 Å². The summed E-state index contributed by atoms with van der Waals surface area (Å²) in [6.07, 6.45) is -93.0. The van der Waals surface area contributed by atoms with Gasteiger partial charge < -0.3 is 228 Å². The first kappa shape index (κ1) is 95.9. The van der Waals surface area contributed by atoms with Crippen LogP contribution in [-0.2, 0) is 114 Å². The molecule has 0 aromatic heterocycles. The molecular weight excluding hydrogens is 1590 g/mol. The summed E-state index contributed by atoms with van der Waals surface area (Å²) in [5.41, 5.74) is 5.71. The first-order valence-electron chi connectivity index (χ1n) is 38.4. The van der Waals surface area contributed by atoms with Gasteiger partial charge in [-0.25, -0.2) is 0 Å². The molecule has 678 valence electrons. The van der Waals surface area contributed by atoms with E-state index in [-0.39, 0.29) is 13.2 Å². The van der Waals surface area contributed by atoms with Crippen molar-refractivity contribution in [1.82, 2.24) is 10.6 Å². The number of nitrogens with one attached hydrogen (secondary N) is 2. The second-order valence-corrected chi connectivity index (χ2v) is 30.6. The smallest absolute Gasteiger partial charge is 0.302 e. The largest absolute Gasteiger partial charge is 0.463 e. The summed E-state index contributed by atoms with van der Waals surface area (Å²) in [5.74, 6) is -2.68. The fraction of sp³-hybridized carbons (Fsp3) is 0.956. The first-order valence-corrected chi connectivity index (χ1v) is 38.4. The lowest BCUT2D eigenvalue weighted by Gasteiger charge is -2.52. The Morgan fingerprint density at radius 3 is 0.932 bits per heavy atom. The van der Waals surface area contributed by atoms with Gasteiger partial charge in [-0.05, 0) is 41.5 Å². The van der Waals surface area contributed by atoms with Gasteiger partial charge in [0.15, 0.2) is 62.9 Å². The van der Waals surface area contributed by atoms with Crippen molar-refractivity contribution in [1.29, 1.82) is 0 Å². The lowest BCUT2D eigenvalue weighted by atomic mass is 9.94. The molecule has 10 rings (SSSR count). The molecule has 10 saturated heterocycles. The molecule has 49 heteroatoms. The molecule has 0 aliphatic carbocycles. The van der Waals surface area contributed by atoms with Crippen molar-refractivity contribution in [3.05, 3.63) is 0 Å². The van der Waals surface area contributed by atoms with Crippen LogP contribution in [-0.4, -0.2) is 477 Å². The number of hydrogen-bond donors (Lipinski definition) is 25. The van der Waals surface area contributed by atoms with Crippen molar-refractivity contribution in [2.24, 2.45) is 5.73 Å². The van der Waals surface area contributed by atoms with Gasteiger partial charge in [0, 0.05) is 27.3 Å². The lowest BCUT2D eigenvalue weighted by molar-refractivity contribution is -0.411. The van der Waals surface area contributed by atoms with E-state index in [2.05, 4.69) is 10.6 Å². The number of aliphatic hydroxyl groups excluding tert-OH is 22. The average molecular weight is 1710 g/mol. The highest BCUT2D eigenvalue weighted by molar-refractivity contribution is 5.73. The van der Waals surface area contributed by atoms with Crippen LogP contribution in [0.1, 0.15) is 62.3 Å². The van der Waals surface area contributed by atoms with Gasteiger partial charge >= 0.3 is 5.97 Å². The van der Waals surface area contributed by atoms with E-state index >= 15 is 0 Å². The quantitative estimate of drug-likeness (QED) is 0.0324. The van der Waals surface area contributed by atoms with E-state index in [4.69, 9.17) is 105 Å². The van der Waals surface area contributed by atoms with Gasteiger partial charge in [0.2, 0.25) is 11.8 Å². The van der Waals surface area contributed by atoms with Gasteiger partial charge in [0.25, 0.3) is 0 Å². The number of esters is 1. The number of carbonyl (C=O) groups is 3. The molecule has 49 nitrogen and oxygen atoms in total. The van der Waals surface area contributed by atoms with Crippen molar-refractivity contribution in [3.63, 3.8) is 0 Å². The molecule has 0 aromatic carbocycles. The van der Waals surface area contributed by atoms with Crippen molar-refractivity contribution < 1.29 is 226 Å². The SMILES string of the molecule is CC(=O)NC1C(OCCN)OC(CO)C(O)C1OC1OC(C)C(OC2OC(CO)C(O)C(O)C2O)C(OC2OC(C)C(O)C(O)C2OC2OC(C)C(O)C(O)C2OC2OC(COC(C)=O)C(O)C(OC3OC(C)C(OC4OC(CO)C(O)C(O)C4O)C(OC4OC(C)C(O)C(O)C4OC4OC(C)C(O)C(O)C4O)C3O)C2NC(C)=O)C1O. The molecule has 0 radical (unpaired) electrons. The lowest BCUT2D eigenvalue weighted by Crippen LogP contribution is -2.71. The van der Waals surface area contributed by atoms with Crippen molar-refractivity contribution >= 4 is 17.8 Å². The molecule has 10 aliphatic heterocycles. The van der Waals surface area contributed by atoms with Crippen LogP contribution in [0.2, 0.25) is 0 Å².